The van der Waals surface area contributed by atoms with Gasteiger partial charge in [-0.3, -0.25) is 9.78 Å². The number of nitrogens with one attached hydrogen (secondary N) is 1. The molecular formula is C30H28N4OS. The van der Waals surface area contributed by atoms with Crippen LogP contribution in [0.4, 0.5) is 0 Å². The average molecular weight is 493 g/mol. The number of hydrogen-bond donors (Lipinski definition) is 1. The molecule has 5 rings (SSSR count). The second-order valence-electron chi connectivity index (χ2n) is 8.84. The largest absolute Gasteiger partial charge is 0.351 e. The Kier molecular flexibility index (Phi) is 7.43. The van der Waals surface area contributed by atoms with Crippen molar-refractivity contribution >= 4 is 28.7 Å². The molecule has 0 aliphatic carbocycles. The lowest BCUT2D eigenvalue weighted by atomic mass is 10.0. The maximum absolute atomic E-state index is 12.7. The second-order valence-corrected chi connectivity index (χ2v) is 9.78. The summed E-state index contributed by atoms with van der Waals surface area (Å²) in [7, 11) is 0. The van der Waals surface area contributed by atoms with E-state index in [2.05, 4.69) is 58.2 Å². The number of pyridine rings is 1. The number of rotatable bonds is 9. The Morgan fingerprint density at radius 1 is 0.917 bits per heavy atom. The Hall–Kier alpha value is -3.90. The molecule has 0 saturated heterocycles. The van der Waals surface area contributed by atoms with Crippen molar-refractivity contribution in [3.05, 3.63) is 126 Å². The maximum atomic E-state index is 12.7. The van der Waals surface area contributed by atoms with Crippen molar-refractivity contribution in [3.63, 3.8) is 0 Å². The fraction of sp³-hybridized carbons (Fsp3) is 0.167. The van der Waals surface area contributed by atoms with Crippen LogP contribution >= 0.6 is 11.8 Å². The van der Waals surface area contributed by atoms with E-state index in [0.29, 0.717) is 12.1 Å². The number of imidazole rings is 1. The topological polar surface area (TPSA) is 59.8 Å². The van der Waals surface area contributed by atoms with Crippen LogP contribution in [0, 0.1) is 0 Å². The van der Waals surface area contributed by atoms with Crippen LogP contribution in [0.5, 0.6) is 0 Å². The standard InChI is InChI=1S/C30H28N4OS/c1-22(25-10-6-3-7-11-25)18-32-29(35)26-14-12-24(13-15-26)21-36-30-33-27-16-17-31-19-28(27)34(30)20-23-8-4-2-5-9-23/h2-17,19,22H,18,20-21H2,1H3,(H,32,35)/t22-/m0/s1. The van der Waals surface area contributed by atoms with Gasteiger partial charge in [0.2, 0.25) is 0 Å². The number of carbonyl (C=O) groups excluding carboxylic acids is 1. The maximum Gasteiger partial charge on any atom is 0.251 e. The molecule has 5 nitrogen and oxygen atoms in total. The van der Waals surface area contributed by atoms with E-state index >= 15 is 0 Å². The monoisotopic (exact) mass is 492 g/mol. The Morgan fingerprint density at radius 3 is 2.39 bits per heavy atom. The predicted molar refractivity (Wildman–Crippen MR) is 146 cm³/mol. The third-order valence-electron chi connectivity index (χ3n) is 6.22. The molecule has 0 bridgehead atoms. The number of benzene rings is 3. The Morgan fingerprint density at radius 2 is 1.64 bits per heavy atom. The van der Waals surface area contributed by atoms with Crippen LogP contribution in [0.2, 0.25) is 0 Å². The molecule has 180 valence electrons. The molecule has 1 amide bonds. The van der Waals surface area contributed by atoms with Crippen LogP contribution < -0.4 is 5.32 Å². The van der Waals surface area contributed by atoms with Crippen LogP contribution in [0.15, 0.2) is 109 Å². The van der Waals surface area contributed by atoms with E-state index in [4.69, 9.17) is 4.98 Å². The number of thioether (sulfide) groups is 1. The smallest absolute Gasteiger partial charge is 0.251 e. The minimum atomic E-state index is -0.0471. The third-order valence-corrected chi connectivity index (χ3v) is 7.27. The minimum Gasteiger partial charge on any atom is -0.351 e. The van der Waals surface area contributed by atoms with E-state index in [0.717, 1.165) is 34.1 Å². The summed E-state index contributed by atoms with van der Waals surface area (Å²) in [5.74, 6) is 0.976. The number of hydrogen-bond acceptors (Lipinski definition) is 4. The van der Waals surface area contributed by atoms with Crippen molar-refractivity contribution in [2.75, 3.05) is 6.54 Å². The second kappa shape index (κ2) is 11.2. The fourth-order valence-corrected chi connectivity index (χ4v) is 5.09. The van der Waals surface area contributed by atoms with Crippen molar-refractivity contribution in [3.8, 4) is 0 Å². The molecule has 0 aliphatic rings. The summed E-state index contributed by atoms with van der Waals surface area (Å²) in [5.41, 5.74) is 6.23. The normalized spacial score (nSPS) is 11.9. The zero-order valence-corrected chi connectivity index (χ0v) is 21.0. The van der Waals surface area contributed by atoms with Crippen LogP contribution in [0.25, 0.3) is 11.0 Å². The predicted octanol–water partition coefficient (Wildman–Crippen LogP) is 6.31. The molecule has 0 saturated carbocycles. The van der Waals surface area contributed by atoms with Gasteiger partial charge in [-0.25, -0.2) is 4.98 Å². The lowest BCUT2D eigenvalue weighted by Crippen LogP contribution is -2.27. The van der Waals surface area contributed by atoms with Gasteiger partial charge in [0.1, 0.15) is 0 Å². The summed E-state index contributed by atoms with van der Waals surface area (Å²) in [6, 6.07) is 30.4. The zero-order chi connectivity index (χ0) is 24.7. The van der Waals surface area contributed by atoms with E-state index in [-0.39, 0.29) is 11.8 Å². The molecule has 0 spiro atoms. The van der Waals surface area contributed by atoms with Crippen molar-refractivity contribution in [2.45, 2.75) is 30.3 Å². The number of nitrogens with zero attached hydrogens (tertiary/aromatic N) is 3. The molecule has 5 aromatic rings. The highest BCUT2D eigenvalue weighted by Gasteiger charge is 2.13. The van der Waals surface area contributed by atoms with Crippen molar-refractivity contribution in [1.82, 2.24) is 19.9 Å². The van der Waals surface area contributed by atoms with E-state index in [1.165, 1.54) is 11.1 Å². The van der Waals surface area contributed by atoms with Crippen molar-refractivity contribution < 1.29 is 4.79 Å². The number of fused-ring (bicyclic) bond motifs is 1. The molecular weight excluding hydrogens is 464 g/mol. The van der Waals surface area contributed by atoms with Gasteiger partial charge in [-0.2, -0.15) is 0 Å². The van der Waals surface area contributed by atoms with Gasteiger partial charge in [-0.05, 0) is 40.8 Å². The molecule has 0 unspecified atom stereocenters. The molecule has 1 atom stereocenters. The SMILES string of the molecule is C[C@@H](CNC(=O)c1ccc(CSc2nc3ccncc3n2Cc2ccccc2)cc1)c1ccccc1. The summed E-state index contributed by atoms with van der Waals surface area (Å²) in [5, 5.41) is 4.01. The summed E-state index contributed by atoms with van der Waals surface area (Å²) in [6.45, 7) is 3.47. The quantitative estimate of drug-likeness (QED) is 0.245. The first-order chi connectivity index (χ1) is 17.7. The minimum absolute atomic E-state index is 0.0471. The van der Waals surface area contributed by atoms with Gasteiger partial charge < -0.3 is 9.88 Å². The highest BCUT2D eigenvalue weighted by atomic mass is 32.2. The molecule has 6 heteroatoms. The van der Waals surface area contributed by atoms with Gasteiger partial charge in [0, 0.05) is 24.1 Å². The number of amides is 1. The molecule has 3 aromatic carbocycles. The summed E-state index contributed by atoms with van der Waals surface area (Å²) in [6.07, 6.45) is 3.66. The molecule has 36 heavy (non-hydrogen) atoms. The summed E-state index contributed by atoms with van der Waals surface area (Å²) < 4.78 is 2.22. The first-order valence-corrected chi connectivity index (χ1v) is 13.0. The average Bonchev–Trinajstić information content (AvgIpc) is 3.28. The fourth-order valence-electron chi connectivity index (χ4n) is 4.12. The van der Waals surface area contributed by atoms with Crippen molar-refractivity contribution in [1.29, 1.82) is 0 Å². The van der Waals surface area contributed by atoms with Gasteiger partial charge in [0.25, 0.3) is 5.91 Å². The molecule has 2 aromatic heterocycles. The Balaban J connectivity index is 1.23. The third kappa shape index (κ3) is 5.66. The summed E-state index contributed by atoms with van der Waals surface area (Å²) in [4.78, 5) is 21.8. The van der Waals surface area contributed by atoms with Crippen LogP contribution in [0.3, 0.4) is 0 Å². The molecule has 0 fully saturated rings. The van der Waals surface area contributed by atoms with E-state index in [1.54, 1.807) is 18.0 Å². The van der Waals surface area contributed by atoms with Crippen LogP contribution in [-0.2, 0) is 12.3 Å². The highest BCUT2D eigenvalue weighted by Crippen LogP contribution is 2.27. The summed E-state index contributed by atoms with van der Waals surface area (Å²) >= 11 is 1.69. The zero-order valence-electron chi connectivity index (χ0n) is 20.2. The van der Waals surface area contributed by atoms with Gasteiger partial charge in [0.05, 0.1) is 23.8 Å². The van der Waals surface area contributed by atoms with Gasteiger partial charge >= 0.3 is 0 Å². The van der Waals surface area contributed by atoms with Crippen LogP contribution in [0.1, 0.15) is 39.9 Å². The first-order valence-electron chi connectivity index (χ1n) is 12.1. The molecule has 0 aliphatic heterocycles. The van der Waals surface area contributed by atoms with E-state index in [1.807, 2.05) is 60.8 Å². The first kappa shape index (κ1) is 23.8. The highest BCUT2D eigenvalue weighted by molar-refractivity contribution is 7.98. The number of carbonyl (C=O) groups is 1. The Labute approximate surface area is 215 Å². The molecule has 1 N–H and O–H groups in total. The lowest BCUT2D eigenvalue weighted by molar-refractivity contribution is 0.0951. The van der Waals surface area contributed by atoms with Crippen molar-refractivity contribution in [2.24, 2.45) is 0 Å². The van der Waals surface area contributed by atoms with Gasteiger partial charge in [-0.1, -0.05) is 91.5 Å². The lowest BCUT2D eigenvalue weighted by Gasteiger charge is -2.13. The van der Waals surface area contributed by atoms with Gasteiger partial charge in [0.15, 0.2) is 5.16 Å². The van der Waals surface area contributed by atoms with Gasteiger partial charge in [-0.15, -0.1) is 0 Å². The van der Waals surface area contributed by atoms with Crippen LogP contribution in [-0.4, -0.2) is 27.0 Å². The molecule has 0 radical (unpaired) electrons. The van der Waals surface area contributed by atoms with E-state index < -0.39 is 0 Å². The van der Waals surface area contributed by atoms with E-state index in [9.17, 15) is 4.79 Å². The Bertz CT molecular complexity index is 1430. The number of aromatic nitrogens is 3. The molecule has 2 heterocycles.